The molecule has 3 nitrogen and oxygen atoms in total. The lowest BCUT2D eigenvalue weighted by Gasteiger charge is -2.35. The molecule has 2 rings (SSSR count). The smallest absolute Gasteiger partial charge is 0.406 e. The molecule has 100 valence electrons. The number of alkyl halides is 3. The Bertz CT molecular complexity index is 391. The van der Waals surface area contributed by atoms with Crippen LogP contribution in [0.1, 0.15) is 6.92 Å². The SMILES string of the molecule is C[C@@H]1CNCCN1c1ccc(OC(F)(F)F)cc1. The number of nitrogens with one attached hydrogen (secondary N) is 1. The predicted octanol–water partition coefficient (Wildman–Crippen LogP) is 2.38. The van der Waals surface area contributed by atoms with Crippen molar-refractivity contribution in [2.45, 2.75) is 19.3 Å². The van der Waals surface area contributed by atoms with Crippen LogP contribution in [0.4, 0.5) is 18.9 Å². The summed E-state index contributed by atoms with van der Waals surface area (Å²) in [4.78, 5) is 2.16. The van der Waals surface area contributed by atoms with Gasteiger partial charge in [-0.3, -0.25) is 0 Å². The van der Waals surface area contributed by atoms with Crippen molar-refractivity contribution in [3.63, 3.8) is 0 Å². The van der Waals surface area contributed by atoms with E-state index in [1.807, 2.05) is 0 Å². The van der Waals surface area contributed by atoms with E-state index in [0.29, 0.717) is 6.04 Å². The number of hydrogen-bond acceptors (Lipinski definition) is 3. The van der Waals surface area contributed by atoms with E-state index in [-0.39, 0.29) is 5.75 Å². The molecule has 1 heterocycles. The zero-order valence-electron chi connectivity index (χ0n) is 10.00. The minimum Gasteiger partial charge on any atom is -0.406 e. The highest BCUT2D eigenvalue weighted by Crippen LogP contribution is 2.26. The summed E-state index contributed by atoms with van der Waals surface area (Å²) in [6.07, 6.45) is -4.64. The predicted molar refractivity (Wildman–Crippen MR) is 62.8 cm³/mol. The fourth-order valence-electron chi connectivity index (χ4n) is 2.06. The Labute approximate surface area is 104 Å². The maximum Gasteiger partial charge on any atom is 0.573 e. The average Bonchev–Trinajstić information content (AvgIpc) is 2.29. The molecule has 1 N–H and O–H groups in total. The van der Waals surface area contributed by atoms with E-state index in [1.54, 1.807) is 12.1 Å². The zero-order valence-corrected chi connectivity index (χ0v) is 10.00. The summed E-state index contributed by atoms with van der Waals surface area (Å²) in [5.74, 6) is -0.186. The lowest BCUT2D eigenvalue weighted by atomic mass is 10.2. The van der Waals surface area contributed by atoms with Gasteiger partial charge >= 0.3 is 6.36 Å². The third-order valence-corrected chi connectivity index (χ3v) is 2.90. The van der Waals surface area contributed by atoms with Crippen molar-refractivity contribution in [1.82, 2.24) is 5.32 Å². The molecule has 1 aromatic carbocycles. The molecule has 0 saturated carbocycles. The summed E-state index contributed by atoms with van der Waals surface area (Å²) >= 11 is 0. The second-order valence-corrected chi connectivity index (χ2v) is 4.29. The standard InChI is InChI=1S/C12H15F3N2O/c1-9-8-16-6-7-17(9)10-2-4-11(5-3-10)18-12(13,14)15/h2-5,9,16H,6-8H2,1H3/t9-/m1/s1. The van der Waals surface area contributed by atoms with Crippen LogP contribution in [0.15, 0.2) is 24.3 Å². The summed E-state index contributed by atoms with van der Waals surface area (Å²) in [6, 6.07) is 6.33. The van der Waals surface area contributed by atoms with Crippen molar-refractivity contribution < 1.29 is 17.9 Å². The lowest BCUT2D eigenvalue weighted by Crippen LogP contribution is -2.49. The van der Waals surface area contributed by atoms with Crippen molar-refractivity contribution in [2.24, 2.45) is 0 Å². The third kappa shape index (κ3) is 3.29. The van der Waals surface area contributed by atoms with Gasteiger partial charge in [-0.05, 0) is 31.2 Å². The first-order valence-electron chi connectivity index (χ1n) is 5.79. The molecule has 1 aliphatic rings. The highest BCUT2D eigenvalue weighted by Gasteiger charge is 2.31. The Morgan fingerprint density at radius 3 is 2.50 bits per heavy atom. The van der Waals surface area contributed by atoms with E-state index in [0.717, 1.165) is 25.3 Å². The first-order chi connectivity index (χ1) is 8.46. The van der Waals surface area contributed by atoms with Gasteiger partial charge in [0.15, 0.2) is 0 Å². The minimum atomic E-state index is -4.64. The topological polar surface area (TPSA) is 24.5 Å². The van der Waals surface area contributed by atoms with Crippen molar-refractivity contribution in [3.8, 4) is 5.75 Å². The molecule has 1 fully saturated rings. The molecule has 0 amide bonds. The number of piperazine rings is 1. The third-order valence-electron chi connectivity index (χ3n) is 2.90. The monoisotopic (exact) mass is 260 g/mol. The van der Waals surface area contributed by atoms with Crippen molar-refractivity contribution in [1.29, 1.82) is 0 Å². The van der Waals surface area contributed by atoms with Crippen LogP contribution in [0, 0.1) is 0 Å². The molecular weight excluding hydrogens is 245 g/mol. The molecule has 0 aromatic heterocycles. The Kier molecular flexibility index (Phi) is 3.65. The fraction of sp³-hybridized carbons (Fsp3) is 0.500. The Morgan fingerprint density at radius 2 is 1.94 bits per heavy atom. The summed E-state index contributed by atoms with van der Waals surface area (Å²) < 4.78 is 39.9. The molecule has 0 radical (unpaired) electrons. The molecule has 6 heteroatoms. The second-order valence-electron chi connectivity index (χ2n) is 4.29. The Hall–Kier alpha value is -1.43. The fourth-order valence-corrected chi connectivity index (χ4v) is 2.06. The summed E-state index contributed by atoms with van der Waals surface area (Å²) in [6.45, 7) is 4.68. The molecule has 1 aromatic rings. The molecule has 18 heavy (non-hydrogen) atoms. The van der Waals surface area contributed by atoms with Crippen LogP contribution in [0.25, 0.3) is 0 Å². The number of nitrogens with zero attached hydrogens (tertiary/aromatic N) is 1. The Balaban J connectivity index is 2.07. The summed E-state index contributed by atoms with van der Waals surface area (Å²) in [5.41, 5.74) is 0.915. The van der Waals surface area contributed by atoms with Gasteiger partial charge in [0, 0.05) is 31.4 Å². The van der Waals surface area contributed by atoms with Gasteiger partial charge in [-0.2, -0.15) is 0 Å². The molecule has 1 atom stereocenters. The van der Waals surface area contributed by atoms with Gasteiger partial charge in [0.1, 0.15) is 5.75 Å². The van der Waals surface area contributed by atoms with E-state index in [4.69, 9.17) is 0 Å². The zero-order chi connectivity index (χ0) is 13.2. The molecule has 0 spiro atoms. The van der Waals surface area contributed by atoms with Gasteiger partial charge in [0.2, 0.25) is 0 Å². The number of rotatable bonds is 2. The lowest BCUT2D eigenvalue weighted by molar-refractivity contribution is -0.274. The van der Waals surface area contributed by atoms with E-state index < -0.39 is 6.36 Å². The minimum absolute atomic E-state index is 0.186. The second kappa shape index (κ2) is 5.06. The van der Waals surface area contributed by atoms with Crippen LogP contribution in [0.5, 0.6) is 5.75 Å². The Morgan fingerprint density at radius 1 is 1.28 bits per heavy atom. The van der Waals surface area contributed by atoms with Gasteiger partial charge in [-0.1, -0.05) is 0 Å². The number of hydrogen-bond donors (Lipinski definition) is 1. The quantitative estimate of drug-likeness (QED) is 0.883. The normalized spacial score (nSPS) is 20.9. The molecule has 0 bridgehead atoms. The molecule has 0 aliphatic carbocycles. The van der Waals surface area contributed by atoms with Crippen LogP contribution in [0.3, 0.4) is 0 Å². The number of anilines is 1. The van der Waals surface area contributed by atoms with Crippen molar-refractivity contribution in [3.05, 3.63) is 24.3 Å². The number of ether oxygens (including phenoxy) is 1. The highest BCUT2D eigenvalue weighted by molar-refractivity contribution is 5.50. The molecule has 0 unspecified atom stereocenters. The largest absolute Gasteiger partial charge is 0.573 e. The van der Waals surface area contributed by atoms with E-state index in [1.165, 1.54) is 12.1 Å². The van der Waals surface area contributed by atoms with Crippen LogP contribution < -0.4 is 15.0 Å². The summed E-state index contributed by atoms with van der Waals surface area (Å²) in [5, 5.41) is 3.26. The van der Waals surface area contributed by atoms with Crippen LogP contribution >= 0.6 is 0 Å². The average molecular weight is 260 g/mol. The van der Waals surface area contributed by atoms with Gasteiger partial charge in [-0.15, -0.1) is 13.2 Å². The van der Waals surface area contributed by atoms with Crippen LogP contribution in [-0.4, -0.2) is 32.0 Å². The van der Waals surface area contributed by atoms with Crippen LogP contribution in [0.2, 0.25) is 0 Å². The first-order valence-corrected chi connectivity index (χ1v) is 5.79. The molecular formula is C12H15F3N2O. The number of halogens is 3. The van der Waals surface area contributed by atoms with Gasteiger partial charge in [0.05, 0.1) is 0 Å². The van der Waals surface area contributed by atoms with E-state index in [9.17, 15) is 13.2 Å². The first kappa shape index (κ1) is 13.0. The van der Waals surface area contributed by atoms with Gasteiger partial charge in [0.25, 0.3) is 0 Å². The maximum absolute atomic E-state index is 12.0. The molecule has 1 aliphatic heterocycles. The van der Waals surface area contributed by atoms with Crippen LogP contribution in [-0.2, 0) is 0 Å². The molecule has 1 saturated heterocycles. The van der Waals surface area contributed by atoms with Gasteiger partial charge in [-0.25, -0.2) is 0 Å². The van der Waals surface area contributed by atoms with Crippen molar-refractivity contribution >= 4 is 5.69 Å². The van der Waals surface area contributed by atoms with Crippen molar-refractivity contribution in [2.75, 3.05) is 24.5 Å². The van der Waals surface area contributed by atoms with Gasteiger partial charge < -0.3 is 15.0 Å². The van der Waals surface area contributed by atoms with E-state index >= 15 is 0 Å². The number of benzene rings is 1. The highest BCUT2D eigenvalue weighted by atomic mass is 19.4. The maximum atomic E-state index is 12.0. The summed E-state index contributed by atoms with van der Waals surface area (Å²) in [7, 11) is 0. The van der Waals surface area contributed by atoms with E-state index in [2.05, 4.69) is 21.9 Å².